The Kier molecular flexibility index (Phi) is 5.22. The van der Waals surface area contributed by atoms with Crippen molar-refractivity contribution in [2.75, 3.05) is 20.8 Å². The van der Waals surface area contributed by atoms with Crippen LogP contribution < -0.4 is 10.5 Å². The summed E-state index contributed by atoms with van der Waals surface area (Å²) in [6.45, 7) is 3.15. The maximum atomic E-state index is 6.37. The van der Waals surface area contributed by atoms with Gasteiger partial charge in [0.25, 0.3) is 0 Å². The summed E-state index contributed by atoms with van der Waals surface area (Å²) in [6, 6.07) is 5.53. The molecule has 1 heterocycles. The van der Waals surface area contributed by atoms with Crippen molar-refractivity contribution in [1.29, 1.82) is 0 Å². The molecule has 6 heteroatoms. The topological polar surface area (TPSA) is 62.3 Å². The Morgan fingerprint density at radius 2 is 2.14 bits per heavy atom. The maximum Gasteiger partial charge on any atom is 0.122 e. The lowest BCUT2D eigenvalue weighted by Gasteiger charge is -2.17. The fraction of sp³-hybridized carbons (Fsp3) is 0.400. The van der Waals surface area contributed by atoms with Crippen LogP contribution >= 0.6 is 11.6 Å². The third-order valence-corrected chi connectivity index (χ3v) is 3.72. The highest BCUT2D eigenvalue weighted by Crippen LogP contribution is 2.29. The Labute approximate surface area is 129 Å². The third-order valence-electron chi connectivity index (χ3n) is 3.43. The van der Waals surface area contributed by atoms with E-state index in [1.54, 1.807) is 25.1 Å². The van der Waals surface area contributed by atoms with E-state index in [-0.39, 0.29) is 6.04 Å². The zero-order chi connectivity index (χ0) is 15.4. The molecule has 5 nitrogen and oxygen atoms in total. The SMILES string of the molecule is COCCn1ncc(Cl)c1C(N)c1ccc(C)c(OC)c1. The van der Waals surface area contributed by atoms with Gasteiger partial charge in [-0.05, 0) is 24.1 Å². The van der Waals surface area contributed by atoms with E-state index in [0.29, 0.717) is 18.2 Å². The van der Waals surface area contributed by atoms with Gasteiger partial charge >= 0.3 is 0 Å². The van der Waals surface area contributed by atoms with Gasteiger partial charge in [-0.3, -0.25) is 4.68 Å². The van der Waals surface area contributed by atoms with Crippen molar-refractivity contribution in [1.82, 2.24) is 9.78 Å². The number of hydrogen-bond acceptors (Lipinski definition) is 4. The van der Waals surface area contributed by atoms with Gasteiger partial charge in [0.15, 0.2) is 0 Å². The molecule has 21 heavy (non-hydrogen) atoms. The van der Waals surface area contributed by atoms with Gasteiger partial charge in [0.2, 0.25) is 0 Å². The van der Waals surface area contributed by atoms with Crippen molar-refractivity contribution < 1.29 is 9.47 Å². The molecule has 1 aromatic heterocycles. The predicted molar refractivity (Wildman–Crippen MR) is 82.9 cm³/mol. The summed E-state index contributed by atoms with van der Waals surface area (Å²) in [7, 11) is 3.29. The number of aryl methyl sites for hydroxylation is 1. The van der Waals surface area contributed by atoms with E-state index < -0.39 is 0 Å². The zero-order valence-corrected chi connectivity index (χ0v) is 13.2. The molecule has 0 saturated carbocycles. The number of nitrogens with two attached hydrogens (primary N) is 1. The highest BCUT2D eigenvalue weighted by molar-refractivity contribution is 6.31. The minimum absolute atomic E-state index is 0.369. The van der Waals surface area contributed by atoms with Crippen molar-refractivity contribution >= 4 is 11.6 Å². The quantitative estimate of drug-likeness (QED) is 0.890. The van der Waals surface area contributed by atoms with Gasteiger partial charge < -0.3 is 15.2 Å². The van der Waals surface area contributed by atoms with Gasteiger partial charge in [0.05, 0.1) is 43.2 Å². The number of aromatic nitrogens is 2. The number of halogens is 1. The van der Waals surface area contributed by atoms with Gasteiger partial charge in [0.1, 0.15) is 5.75 Å². The van der Waals surface area contributed by atoms with Crippen LogP contribution in [0.15, 0.2) is 24.4 Å². The fourth-order valence-electron chi connectivity index (χ4n) is 2.22. The summed E-state index contributed by atoms with van der Waals surface area (Å²) in [5.74, 6) is 0.807. The standard InChI is InChI=1S/C15H20ClN3O2/c1-10-4-5-11(8-13(10)21-3)14(17)15-12(16)9-18-19(15)6-7-20-2/h4-5,8-9,14H,6-7,17H2,1-3H3. The van der Waals surface area contributed by atoms with Crippen molar-refractivity contribution in [2.45, 2.75) is 19.5 Å². The molecule has 1 aromatic carbocycles. The number of ether oxygens (including phenoxy) is 2. The summed E-state index contributed by atoms with van der Waals surface area (Å²) >= 11 is 6.24. The lowest BCUT2D eigenvalue weighted by atomic mass is 10.0. The minimum Gasteiger partial charge on any atom is -0.496 e. The molecule has 0 bridgehead atoms. The van der Waals surface area contributed by atoms with Crippen molar-refractivity contribution in [3.05, 3.63) is 46.2 Å². The van der Waals surface area contributed by atoms with Crippen LogP contribution in [-0.2, 0) is 11.3 Å². The van der Waals surface area contributed by atoms with Crippen molar-refractivity contribution in [3.8, 4) is 5.75 Å². The first-order valence-corrected chi connectivity index (χ1v) is 7.06. The van der Waals surface area contributed by atoms with Crippen LogP contribution in [0.25, 0.3) is 0 Å². The van der Waals surface area contributed by atoms with Crippen LogP contribution in [0.4, 0.5) is 0 Å². The molecular weight excluding hydrogens is 290 g/mol. The predicted octanol–water partition coefficient (Wildman–Crippen LogP) is 2.55. The van der Waals surface area contributed by atoms with Crippen molar-refractivity contribution in [3.63, 3.8) is 0 Å². The monoisotopic (exact) mass is 309 g/mol. The lowest BCUT2D eigenvalue weighted by molar-refractivity contribution is 0.182. The van der Waals surface area contributed by atoms with E-state index in [1.165, 1.54) is 0 Å². The van der Waals surface area contributed by atoms with Crippen LogP contribution in [0.2, 0.25) is 5.02 Å². The Hall–Kier alpha value is -1.56. The molecule has 0 spiro atoms. The smallest absolute Gasteiger partial charge is 0.122 e. The summed E-state index contributed by atoms with van der Waals surface area (Å²) in [5.41, 5.74) is 9.14. The van der Waals surface area contributed by atoms with Crippen LogP contribution in [0.5, 0.6) is 5.75 Å². The number of benzene rings is 1. The molecule has 0 radical (unpaired) electrons. The lowest BCUT2D eigenvalue weighted by Crippen LogP contribution is -2.19. The molecule has 2 N–H and O–H groups in total. The van der Waals surface area contributed by atoms with E-state index in [4.69, 9.17) is 26.8 Å². The molecule has 0 aliphatic rings. The zero-order valence-electron chi connectivity index (χ0n) is 12.5. The number of nitrogens with zero attached hydrogens (tertiary/aromatic N) is 2. The average molecular weight is 310 g/mol. The van der Waals surface area contributed by atoms with Gasteiger partial charge in [-0.2, -0.15) is 5.10 Å². The second-order valence-electron chi connectivity index (χ2n) is 4.80. The minimum atomic E-state index is -0.369. The van der Waals surface area contributed by atoms with E-state index in [2.05, 4.69) is 5.10 Å². The Morgan fingerprint density at radius 1 is 1.38 bits per heavy atom. The summed E-state index contributed by atoms with van der Waals surface area (Å²) in [6.07, 6.45) is 1.61. The van der Waals surface area contributed by atoms with Gasteiger partial charge in [-0.15, -0.1) is 0 Å². The first-order chi connectivity index (χ1) is 10.1. The molecule has 0 fully saturated rings. The van der Waals surface area contributed by atoms with Gasteiger partial charge in [-0.25, -0.2) is 0 Å². The highest BCUT2D eigenvalue weighted by Gasteiger charge is 2.19. The van der Waals surface area contributed by atoms with E-state index >= 15 is 0 Å². The largest absolute Gasteiger partial charge is 0.496 e. The van der Waals surface area contributed by atoms with E-state index in [0.717, 1.165) is 22.6 Å². The molecular formula is C15H20ClN3O2. The van der Waals surface area contributed by atoms with Crippen molar-refractivity contribution in [2.24, 2.45) is 5.73 Å². The Morgan fingerprint density at radius 3 is 2.81 bits per heavy atom. The molecule has 0 saturated heterocycles. The van der Waals surface area contributed by atoms with Crippen LogP contribution in [-0.4, -0.2) is 30.6 Å². The van der Waals surface area contributed by atoms with E-state index in [1.807, 2.05) is 25.1 Å². The first kappa shape index (κ1) is 15.8. The second-order valence-corrected chi connectivity index (χ2v) is 5.21. The van der Waals surface area contributed by atoms with Gasteiger partial charge in [0, 0.05) is 7.11 Å². The molecule has 2 rings (SSSR count). The first-order valence-electron chi connectivity index (χ1n) is 6.68. The molecule has 0 aliphatic heterocycles. The molecule has 2 aromatic rings. The Balaban J connectivity index is 2.35. The van der Waals surface area contributed by atoms with Crippen LogP contribution in [0.3, 0.4) is 0 Å². The normalized spacial score (nSPS) is 12.4. The van der Waals surface area contributed by atoms with Gasteiger partial charge in [-0.1, -0.05) is 23.7 Å². The summed E-state index contributed by atoms with van der Waals surface area (Å²) in [4.78, 5) is 0. The average Bonchev–Trinajstić information content (AvgIpc) is 2.85. The molecule has 1 atom stereocenters. The third kappa shape index (κ3) is 3.37. The number of rotatable bonds is 6. The van der Waals surface area contributed by atoms with Crippen LogP contribution in [0, 0.1) is 6.92 Å². The van der Waals surface area contributed by atoms with Crippen LogP contribution in [0.1, 0.15) is 22.9 Å². The molecule has 1 unspecified atom stereocenters. The summed E-state index contributed by atoms with van der Waals surface area (Å²) < 4.78 is 12.2. The fourth-order valence-corrected chi connectivity index (χ4v) is 2.48. The number of hydrogen-bond donors (Lipinski definition) is 1. The second kappa shape index (κ2) is 6.93. The molecule has 0 aliphatic carbocycles. The highest BCUT2D eigenvalue weighted by atomic mass is 35.5. The van der Waals surface area contributed by atoms with E-state index in [9.17, 15) is 0 Å². The number of methoxy groups -OCH3 is 2. The molecule has 0 amide bonds. The molecule has 114 valence electrons. The Bertz CT molecular complexity index is 613. The maximum absolute atomic E-state index is 6.37. The summed E-state index contributed by atoms with van der Waals surface area (Å²) in [5, 5.41) is 4.81.